The molecule has 12 heavy (non-hydrogen) atoms. The summed E-state index contributed by atoms with van der Waals surface area (Å²) in [5.74, 6) is -0.323. The molecule has 1 aromatic rings. The van der Waals surface area contributed by atoms with Crippen molar-refractivity contribution in [2.75, 3.05) is 12.8 Å². The van der Waals surface area contributed by atoms with Crippen LogP contribution in [0.4, 0.5) is 5.82 Å². The standard InChI is InChI=1S/C6H10N4O2/c1-3-10-5(7)4(8-9-10)6(11)12-2/h3,7H2,1-2H3. The lowest BCUT2D eigenvalue weighted by Crippen LogP contribution is -2.07. The molecular formula is C6H10N4O2. The minimum Gasteiger partial charge on any atom is -0.464 e. The number of esters is 1. The molecule has 1 rings (SSSR count). The highest BCUT2D eigenvalue weighted by Crippen LogP contribution is 2.07. The number of carbonyl (C=O) groups excluding carboxylic acids is 1. The molecule has 6 heteroatoms. The zero-order valence-electron chi connectivity index (χ0n) is 6.94. The van der Waals surface area contributed by atoms with E-state index in [-0.39, 0.29) is 11.5 Å². The van der Waals surface area contributed by atoms with E-state index in [0.717, 1.165) is 0 Å². The van der Waals surface area contributed by atoms with E-state index in [1.54, 1.807) is 0 Å². The van der Waals surface area contributed by atoms with Gasteiger partial charge in [-0.25, -0.2) is 9.48 Å². The quantitative estimate of drug-likeness (QED) is 0.614. The molecule has 0 saturated heterocycles. The number of aryl methyl sites for hydroxylation is 1. The number of nitrogens with two attached hydrogens (primary N) is 1. The summed E-state index contributed by atoms with van der Waals surface area (Å²) in [4.78, 5) is 10.9. The van der Waals surface area contributed by atoms with Crippen LogP contribution in [0.1, 0.15) is 17.4 Å². The lowest BCUT2D eigenvalue weighted by molar-refractivity contribution is 0.0595. The Bertz CT molecular complexity index is 294. The first kappa shape index (κ1) is 8.51. The van der Waals surface area contributed by atoms with Crippen molar-refractivity contribution in [2.45, 2.75) is 13.5 Å². The van der Waals surface area contributed by atoms with Gasteiger partial charge < -0.3 is 10.5 Å². The van der Waals surface area contributed by atoms with Gasteiger partial charge in [0.15, 0.2) is 5.82 Å². The second kappa shape index (κ2) is 3.21. The van der Waals surface area contributed by atoms with Crippen molar-refractivity contribution in [3.63, 3.8) is 0 Å². The summed E-state index contributed by atoms with van der Waals surface area (Å²) >= 11 is 0. The highest BCUT2D eigenvalue weighted by atomic mass is 16.5. The number of nitrogen functional groups attached to an aromatic ring is 1. The fourth-order valence-electron chi connectivity index (χ4n) is 0.796. The lowest BCUT2D eigenvalue weighted by Gasteiger charge is -1.97. The van der Waals surface area contributed by atoms with E-state index in [1.807, 2.05) is 6.92 Å². The fourth-order valence-corrected chi connectivity index (χ4v) is 0.796. The van der Waals surface area contributed by atoms with Gasteiger partial charge in [-0.3, -0.25) is 0 Å². The summed E-state index contributed by atoms with van der Waals surface area (Å²) in [6.07, 6.45) is 0. The predicted molar refractivity (Wildman–Crippen MR) is 41.4 cm³/mol. The largest absolute Gasteiger partial charge is 0.464 e. The number of carbonyl (C=O) groups is 1. The summed E-state index contributed by atoms with van der Waals surface area (Å²) in [6.45, 7) is 2.43. The lowest BCUT2D eigenvalue weighted by atomic mass is 10.4. The van der Waals surface area contributed by atoms with Gasteiger partial charge in [-0.1, -0.05) is 5.21 Å². The smallest absolute Gasteiger partial charge is 0.362 e. The number of aromatic nitrogens is 3. The number of hydrogen-bond acceptors (Lipinski definition) is 5. The van der Waals surface area contributed by atoms with Crippen LogP contribution in [-0.2, 0) is 11.3 Å². The fraction of sp³-hybridized carbons (Fsp3) is 0.500. The van der Waals surface area contributed by atoms with Crippen molar-refractivity contribution in [3.8, 4) is 0 Å². The average Bonchev–Trinajstić information content (AvgIpc) is 2.45. The second-order valence-electron chi connectivity index (χ2n) is 2.13. The number of ether oxygens (including phenoxy) is 1. The molecule has 0 fully saturated rings. The molecule has 0 unspecified atom stereocenters. The molecular weight excluding hydrogens is 160 g/mol. The monoisotopic (exact) mass is 170 g/mol. The van der Waals surface area contributed by atoms with Crippen LogP contribution in [0.15, 0.2) is 0 Å². The molecule has 0 atom stereocenters. The van der Waals surface area contributed by atoms with E-state index >= 15 is 0 Å². The number of anilines is 1. The van der Waals surface area contributed by atoms with Crippen LogP contribution in [0.25, 0.3) is 0 Å². The van der Waals surface area contributed by atoms with E-state index < -0.39 is 5.97 Å². The van der Waals surface area contributed by atoms with Gasteiger partial charge in [0.05, 0.1) is 7.11 Å². The van der Waals surface area contributed by atoms with E-state index in [0.29, 0.717) is 6.54 Å². The van der Waals surface area contributed by atoms with Gasteiger partial charge in [0.2, 0.25) is 5.69 Å². The van der Waals surface area contributed by atoms with Crippen molar-refractivity contribution < 1.29 is 9.53 Å². The summed E-state index contributed by atoms with van der Waals surface area (Å²) in [6, 6.07) is 0. The van der Waals surface area contributed by atoms with Gasteiger partial charge in [-0.15, -0.1) is 5.10 Å². The minimum atomic E-state index is -0.563. The minimum absolute atomic E-state index is 0.0688. The molecule has 0 bridgehead atoms. The second-order valence-corrected chi connectivity index (χ2v) is 2.13. The van der Waals surface area contributed by atoms with Crippen molar-refractivity contribution in [1.29, 1.82) is 0 Å². The maximum absolute atomic E-state index is 10.9. The Hall–Kier alpha value is -1.59. The average molecular weight is 170 g/mol. The Balaban J connectivity index is 3.02. The molecule has 0 spiro atoms. The van der Waals surface area contributed by atoms with Crippen LogP contribution in [0.3, 0.4) is 0 Å². The third kappa shape index (κ3) is 1.23. The topological polar surface area (TPSA) is 83.0 Å². The van der Waals surface area contributed by atoms with Crippen molar-refractivity contribution in [2.24, 2.45) is 0 Å². The van der Waals surface area contributed by atoms with Gasteiger partial charge >= 0.3 is 5.97 Å². The number of nitrogens with zero attached hydrogens (tertiary/aromatic N) is 3. The molecule has 2 N–H and O–H groups in total. The highest BCUT2D eigenvalue weighted by molar-refractivity contribution is 5.91. The maximum atomic E-state index is 10.9. The SMILES string of the molecule is CCn1nnc(C(=O)OC)c1N. The van der Waals surface area contributed by atoms with Gasteiger partial charge in [0, 0.05) is 6.54 Å². The molecule has 0 saturated carbocycles. The maximum Gasteiger partial charge on any atom is 0.362 e. The van der Waals surface area contributed by atoms with Gasteiger partial charge in [-0.05, 0) is 6.92 Å². The zero-order valence-corrected chi connectivity index (χ0v) is 6.94. The van der Waals surface area contributed by atoms with Gasteiger partial charge in [0.25, 0.3) is 0 Å². The van der Waals surface area contributed by atoms with Gasteiger partial charge in [-0.2, -0.15) is 0 Å². The van der Waals surface area contributed by atoms with E-state index in [2.05, 4.69) is 15.0 Å². The molecule has 1 heterocycles. The number of hydrogen-bond donors (Lipinski definition) is 1. The summed E-state index contributed by atoms with van der Waals surface area (Å²) < 4.78 is 5.86. The summed E-state index contributed by atoms with van der Waals surface area (Å²) in [5, 5.41) is 7.21. The Morgan fingerprint density at radius 3 is 2.83 bits per heavy atom. The molecule has 0 aliphatic rings. The first-order valence-electron chi connectivity index (χ1n) is 3.48. The molecule has 66 valence electrons. The van der Waals surface area contributed by atoms with Crippen LogP contribution < -0.4 is 5.73 Å². The molecule has 0 radical (unpaired) electrons. The Morgan fingerprint density at radius 2 is 2.42 bits per heavy atom. The van der Waals surface area contributed by atoms with E-state index in [9.17, 15) is 4.79 Å². The van der Waals surface area contributed by atoms with Crippen LogP contribution in [0, 0.1) is 0 Å². The molecule has 0 aromatic carbocycles. The Kier molecular flexibility index (Phi) is 2.27. The van der Waals surface area contributed by atoms with Gasteiger partial charge in [0.1, 0.15) is 0 Å². The van der Waals surface area contributed by atoms with Crippen molar-refractivity contribution in [3.05, 3.63) is 5.69 Å². The molecule has 6 nitrogen and oxygen atoms in total. The Labute approximate surface area is 69.3 Å². The van der Waals surface area contributed by atoms with Crippen molar-refractivity contribution in [1.82, 2.24) is 15.0 Å². The molecule has 0 aliphatic carbocycles. The predicted octanol–water partition coefficient (Wildman–Crippen LogP) is -0.333. The van der Waals surface area contributed by atoms with Crippen LogP contribution in [0.5, 0.6) is 0 Å². The highest BCUT2D eigenvalue weighted by Gasteiger charge is 2.16. The van der Waals surface area contributed by atoms with Crippen LogP contribution in [0.2, 0.25) is 0 Å². The van der Waals surface area contributed by atoms with E-state index in [1.165, 1.54) is 11.8 Å². The van der Waals surface area contributed by atoms with Crippen LogP contribution in [-0.4, -0.2) is 28.1 Å². The van der Waals surface area contributed by atoms with Crippen molar-refractivity contribution >= 4 is 11.8 Å². The third-order valence-corrected chi connectivity index (χ3v) is 1.45. The number of methoxy groups -OCH3 is 1. The third-order valence-electron chi connectivity index (χ3n) is 1.45. The number of rotatable bonds is 2. The van der Waals surface area contributed by atoms with E-state index in [4.69, 9.17) is 5.73 Å². The molecule has 0 aliphatic heterocycles. The summed E-state index contributed by atoms with van der Waals surface area (Å²) in [5.41, 5.74) is 5.60. The normalized spacial score (nSPS) is 9.83. The summed E-state index contributed by atoms with van der Waals surface area (Å²) in [7, 11) is 1.27. The Morgan fingerprint density at radius 1 is 1.75 bits per heavy atom. The van der Waals surface area contributed by atoms with Crippen LogP contribution >= 0.6 is 0 Å². The first-order chi connectivity index (χ1) is 5.70. The molecule has 1 aromatic heterocycles. The zero-order chi connectivity index (χ0) is 9.14. The molecule has 0 amide bonds. The first-order valence-corrected chi connectivity index (χ1v) is 3.48.